The van der Waals surface area contributed by atoms with Crippen molar-refractivity contribution in [1.29, 1.82) is 0 Å². The number of aliphatic hydroxyl groups excluding tert-OH is 1. The summed E-state index contributed by atoms with van der Waals surface area (Å²) in [6.07, 6.45) is 2.56. The predicted octanol–water partition coefficient (Wildman–Crippen LogP) is 3.04. The predicted molar refractivity (Wildman–Crippen MR) is 76.0 cm³/mol. The number of carbonyl (C=O) groups is 1. The van der Waals surface area contributed by atoms with Gasteiger partial charge in [0, 0.05) is 19.2 Å². The van der Waals surface area contributed by atoms with Crippen molar-refractivity contribution in [1.82, 2.24) is 4.90 Å². The molecule has 19 heavy (non-hydrogen) atoms. The standard InChI is InChI=1S/C15H29NO3/c1-6-12-9-11(2)10-16(13(12)7-8-17)14(18)19-15(3,4)5/h11-13,17H,6-10H2,1-5H3/t11-,12?,13?/m0/s1. The van der Waals surface area contributed by atoms with Crippen molar-refractivity contribution in [3.05, 3.63) is 0 Å². The number of hydrogen-bond donors (Lipinski definition) is 1. The monoisotopic (exact) mass is 271 g/mol. The molecule has 2 unspecified atom stereocenters. The SMILES string of the molecule is CCC1C[C@H](C)CN(C(=O)OC(C)(C)C)C1CCO. The summed E-state index contributed by atoms with van der Waals surface area (Å²) in [5.41, 5.74) is -0.469. The fourth-order valence-corrected chi connectivity index (χ4v) is 2.97. The van der Waals surface area contributed by atoms with Gasteiger partial charge in [-0.3, -0.25) is 0 Å². The lowest BCUT2D eigenvalue weighted by molar-refractivity contribution is -0.0134. The second-order valence-electron chi connectivity index (χ2n) is 6.72. The molecule has 0 spiro atoms. The number of rotatable bonds is 3. The molecule has 0 saturated carbocycles. The van der Waals surface area contributed by atoms with Crippen LogP contribution in [0.2, 0.25) is 0 Å². The number of ether oxygens (including phenoxy) is 1. The van der Waals surface area contributed by atoms with Crippen molar-refractivity contribution in [3.8, 4) is 0 Å². The molecule has 0 radical (unpaired) electrons. The maximum absolute atomic E-state index is 12.3. The minimum atomic E-state index is -0.469. The minimum Gasteiger partial charge on any atom is -0.444 e. The van der Waals surface area contributed by atoms with Crippen molar-refractivity contribution in [3.63, 3.8) is 0 Å². The summed E-state index contributed by atoms with van der Waals surface area (Å²) < 4.78 is 5.50. The molecule has 4 heteroatoms. The largest absolute Gasteiger partial charge is 0.444 e. The lowest BCUT2D eigenvalue weighted by Crippen LogP contribution is -2.52. The lowest BCUT2D eigenvalue weighted by Gasteiger charge is -2.44. The molecule has 4 nitrogen and oxygen atoms in total. The third-order valence-corrected chi connectivity index (χ3v) is 3.74. The number of aliphatic hydroxyl groups is 1. The maximum atomic E-state index is 12.3. The van der Waals surface area contributed by atoms with Crippen molar-refractivity contribution in [2.24, 2.45) is 11.8 Å². The Morgan fingerprint density at radius 2 is 2.05 bits per heavy atom. The van der Waals surface area contributed by atoms with E-state index in [0.29, 0.717) is 18.3 Å². The minimum absolute atomic E-state index is 0.112. The van der Waals surface area contributed by atoms with Crippen LogP contribution in [0.15, 0.2) is 0 Å². The molecule has 0 aromatic heterocycles. The second-order valence-corrected chi connectivity index (χ2v) is 6.72. The fourth-order valence-electron chi connectivity index (χ4n) is 2.97. The topological polar surface area (TPSA) is 49.8 Å². The van der Waals surface area contributed by atoms with Gasteiger partial charge >= 0.3 is 6.09 Å². The molecular formula is C15H29NO3. The van der Waals surface area contributed by atoms with Crippen LogP contribution in [0.3, 0.4) is 0 Å². The molecule has 112 valence electrons. The first kappa shape index (κ1) is 16.3. The zero-order valence-electron chi connectivity index (χ0n) is 13.0. The Bertz CT molecular complexity index is 298. The normalized spacial score (nSPS) is 28.3. The molecule has 1 fully saturated rings. The van der Waals surface area contributed by atoms with Gasteiger partial charge in [-0.15, -0.1) is 0 Å². The van der Waals surface area contributed by atoms with E-state index >= 15 is 0 Å². The summed E-state index contributed by atoms with van der Waals surface area (Å²) in [6, 6.07) is 0.112. The highest BCUT2D eigenvalue weighted by Crippen LogP contribution is 2.32. The van der Waals surface area contributed by atoms with Gasteiger partial charge in [0.15, 0.2) is 0 Å². The fraction of sp³-hybridized carbons (Fsp3) is 0.933. The van der Waals surface area contributed by atoms with E-state index < -0.39 is 5.60 Å². The Morgan fingerprint density at radius 1 is 1.42 bits per heavy atom. The zero-order valence-corrected chi connectivity index (χ0v) is 13.0. The van der Waals surface area contributed by atoms with Crippen LogP contribution in [0.1, 0.15) is 53.9 Å². The molecule has 0 aromatic carbocycles. The molecule has 1 N–H and O–H groups in total. The molecule has 1 amide bonds. The maximum Gasteiger partial charge on any atom is 0.410 e. The second kappa shape index (κ2) is 6.60. The number of piperidine rings is 1. The van der Waals surface area contributed by atoms with E-state index in [2.05, 4.69) is 13.8 Å². The highest BCUT2D eigenvalue weighted by molar-refractivity contribution is 5.68. The summed E-state index contributed by atoms with van der Waals surface area (Å²) in [4.78, 5) is 14.2. The first-order valence-corrected chi connectivity index (χ1v) is 7.39. The van der Waals surface area contributed by atoms with Gasteiger partial charge < -0.3 is 14.7 Å². The van der Waals surface area contributed by atoms with Crippen LogP contribution in [0, 0.1) is 11.8 Å². The van der Waals surface area contributed by atoms with Crippen LogP contribution in [0.25, 0.3) is 0 Å². The molecule has 0 aromatic rings. The Hall–Kier alpha value is -0.770. The average Bonchev–Trinajstić information content (AvgIpc) is 2.28. The van der Waals surface area contributed by atoms with E-state index in [4.69, 9.17) is 4.74 Å². The molecule has 1 aliphatic rings. The van der Waals surface area contributed by atoms with E-state index in [-0.39, 0.29) is 18.7 Å². The van der Waals surface area contributed by atoms with E-state index in [1.807, 2.05) is 25.7 Å². The van der Waals surface area contributed by atoms with Gasteiger partial charge in [-0.05, 0) is 45.4 Å². The first-order valence-electron chi connectivity index (χ1n) is 7.39. The van der Waals surface area contributed by atoms with E-state index in [9.17, 15) is 9.90 Å². The smallest absolute Gasteiger partial charge is 0.410 e. The van der Waals surface area contributed by atoms with Gasteiger partial charge in [-0.1, -0.05) is 20.3 Å². The Labute approximate surface area is 117 Å². The van der Waals surface area contributed by atoms with Crippen LogP contribution in [0.4, 0.5) is 4.79 Å². The van der Waals surface area contributed by atoms with Crippen LogP contribution >= 0.6 is 0 Å². The highest BCUT2D eigenvalue weighted by Gasteiger charge is 2.37. The van der Waals surface area contributed by atoms with Gasteiger partial charge in [0.05, 0.1) is 0 Å². The average molecular weight is 271 g/mol. The Kier molecular flexibility index (Phi) is 5.65. The quantitative estimate of drug-likeness (QED) is 0.858. The molecule has 1 rings (SSSR count). The van der Waals surface area contributed by atoms with Crippen LogP contribution < -0.4 is 0 Å². The molecular weight excluding hydrogens is 242 g/mol. The molecule has 1 aliphatic heterocycles. The van der Waals surface area contributed by atoms with Crippen molar-refractivity contribution in [2.45, 2.75) is 65.5 Å². The third kappa shape index (κ3) is 4.68. The van der Waals surface area contributed by atoms with Gasteiger partial charge in [-0.25, -0.2) is 4.79 Å². The number of likely N-dealkylation sites (tertiary alicyclic amines) is 1. The summed E-state index contributed by atoms with van der Waals surface area (Å²) in [7, 11) is 0. The number of carbonyl (C=O) groups excluding carboxylic acids is 1. The van der Waals surface area contributed by atoms with Crippen molar-refractivity contribution < 1.29 is 14.6 Å². The highest BCUT2D eigenvalue weighted by atomic mass is 16.6. The molecule has 0 aliphatic carbocycles. The van der Waals surface area contributed by atoms with Crippen LogP contribution in [-0.2, 0) is 4.74 Å². The van der Waals surface area contributed by atoms with Crippen molar-refractivity contribution in [2.75, 3.05) is 13.2 Å². The number of nitrogens with zero attached hydrogens (tertiary/aromatic N) is 1. The Morgan fingerprint density at radius 3 is 2.53 bits per heavy atom. The molecule has 1 saturated heterocycles. The van der Waals surface area contributed by atoms with Crippen LogP contribution in [-0.4, -0.2) is 40.9 Å². The first-order chi connectivity index (χ1) is 8.78. The zero-order chi connectivity index (χ0) is 14.6. The number of amides is 1. The van der Waals surface area contributed by atoms with Gasteiger partial charge in [0.25, 0.3) is 0 Å². The summed E-state index contributed by atoms with van der Waals surface area (Å²) in [5.74, 6) is 0.954. The number of hydrogen-bond acceptors (Lipinski definition) is 3. The molecule has 1 heterocycles. The van der Waals surface area contributed by atoms with Crippen LogP contribution in [0.5, 0.6) is 0 Å². The van der Waals surface area contributed by atoms with E-state index in [1.54, 1.807) is 0 Å². The Balaban J connectivity index is 2.82. The summed E-state index contributed by atoms with van der Waals surface area (Å²) >= 11 is 0. The summed E-state index contributed by atoms with van der Waals surface area (Å²) in [5, 5.41) is 9.25. The van der Waals surface area contributed by atoms with Gasteiger partial charge in [0.2, 0.25) is 0 Å². The molecule has 0 bridgehead atoms. The lowest BCUT2D eigenvalue weighted by atomic mass is 9.81. The van der Waals surface area contributed by atoms with Crippen molar-refractivity contribution >= 4 is 6.09 Å². The van der Waals surface area contributed by atoms with E-state index in [1.165, 1.54) is 0 Å². The third-order valence-electron chi connectivity index (χ3n) is 3.74. The van der Waals surface area contributed by atoms with E-state index in [0.717, 1.165) is 19.4 Å². The summed E-state index contributed by atoms with van der Waals surface area (Å²) in [6.45, 7) is 10.8. The molecule has 3 atom stereocenters. The van der Waals surface area contributed by atoms with Gasteiger partial charge in [-0.2, -0.15) is 0 Å². The van der Waals surface area contributed by atoms with Gasteiger partial charge in [0.1, 0.15) is 5.60 Å².